The molecule has 100 valence electrons. The largest absolute Gasteiger partial charge is 0.385 e. The summed E-state index contributed by atoms with van der Waals surface area (Å²) < 4.78 is 4.94. The minimum atomic E-state index is -0.185. The van der Waals surface area contributed by atoms with E-state index in [0.717, 1.165) is 19.4 Å². The quantitative estimate of drug-likeness (QED) is 0.677. The lowest BCUT2D eigenvalue weighted by Gasteiger charge is -2.05. The third-order valence-corrected chi connectivity index (χ3v) is 2.26. The first-order valence-corrected chi connectivity index (χ1v) is 6.12. The molecule has 1 heterocycles. The van der Waals surface area contributed by atoms with Crippen LogP contribution in [0, 0.1) is 0 Å². The van der Waals surface area contributed by atoms with Crippen molar-refractivity contribution < 1.29 is 9.53 Å². The Morgan fingerprint density at radius 2 is 2.17 bits per heavy atom. The number of rotatable bonds is 8. The number of anilines is 1. The minimum Gasteiger partial charge on any atom is -0.385 e. The second-order valence-electron chi connectivity index (χ2n) is 3.83. The van der Waals surface area contributed by atoms with E-state index in [1.807, 2.05) is 6.92 Å². The summed E-state index contributed by atoms with van der Waals surface area (Å²) in [6.07, 6.45) is 1.80. The lowest BCUT2D eigenvalue weighted by atomic mass is 10.3. The van der Waals surface area contributed by atoms with Gasteiger partial charge in [-0.2, -0.15) is 0 Å². The van der Waals surface area contributed by atoms with E-state index in [1.165, 1.54) is 0 Å². The molecule has 0 aliphatic carbocycles. The number of carbonyl (C=O) groups is 1. The molecule has 0 aliphatic heterocycles. The van der Waals surface area contributed by atoms with Crippen molar-refractivity contribution in [3.63, 3.8) is 0 Å². The second-order valence-corrected chi connectivity index (χ2v) is 3.83. The maximum absolute atomic E-state index is 11.6. The zero-order valence-electron chi connectivity index (χ0n) is 10.9. The van der Waals surface area contributed by atoms with Gasteiger partial charge in [-0.3, -0.25) is 4.79 Å². The Kier molecular flexibility index (Phi) is 6.71. The van der Waals surface area contributed by atoms with E-state index in [-0.39, 0.29) is 5.91 Å². The molecule has 0 aliphatic rings. The van der Waals surface area contributed by atoms with Crippen LogP contribution in [0.2, 0.25) is 0 Å². The number of nitrogens with one attached hydrogen (secondary N) is 2. The summed E-state index contributed by atoms with van der Waals surface area (Å²) >= 11 is 0. The van der Waals surface area contributed by atoms with Crippen molar-refractivity contribution in [1.29, 1.82) is 0 Å². The van der Waals surface area contributed by atoms with Crippen molar-refractivity contribution in [2.75, 3.05) is 32.1 Å². The molecule has 18 heavy (non-hydrogen) atoms. The van der Waals surface area contributed by atoms with Gasteiger partial charge < -0.3 is 15.4 Å². The molecule has 6 nitrogen and oxygen atoms in total. The molecule has 0 saturated heterocycles. The fourth-order valence-corrected chi connectivity index (χ4v) is 1.31. The average molecular weight is 252 g/mol. The van der Waals surface area contributed by atoms with E-state index in [1.54, 1.807) is 19.2 Å². The van der Waals surface area contributed by atoms with E-state index in [2.05, 4.69) is 20.8 Å². The fraction of sp³-hybridized carbons (Fsp3) is 0.583. The lowest BCUT2D eigenvalue weighted by molar-refractivity contribution is 0.0947. The van der Waals surface area contributed by atoms with Crippen LogP contribution >= 0.6 is 0 Å². The molecule has 0 radical (unpaired) electrons. The van der Waals surface area contributed by atoms with Gasteiger partial charge in [-0.15, -0.1) is 10.2 Å². The molecular formula is C12H20N4O2. The molecule has 0 saturated carbocycles. The van der Waals surface area contributed by atoms with Crippen molar-refractivity contribution >= 4 is 11.7 Å². The van der Waals surface area contributed by atoms with Crippen LogP contribution < -0.4 is 10.6 Å². The van der Waals surface area contributed by atoms with E-state index >= 15 is 0 Å². The van der Waals surface area contributed by atoms with E-state index in [4.69, 9.17) is 4.74 Å². The Hall–Kier alpha value is -1.69. The molecule has 0 atom stereocenters. The monoisotopic (exact) mass is 252 g/mol. The van der Waals surface area contributed by atoms with Crippen molar-refractivity contribution in [2.45, 2.75) is 19.8 Å². The summed E-state index contributed by atoms with van der Waals surface area (Å²) in [6.45, 7) is 4.12. The summed E-state index contributed by atoms with van der Waals surface area (Å²) in [5, 5.41) is 13.7. The van der Waals surface area contributed by atoms with Gasteiger partial charge in [-0.05, 0) is 25.0 Å². The van der Waals surface area contributed by atoms with Crippen LogP contribution in [0.3, 0.4) is 0 Å². The van der Waals surface area contributed by atoms with Crippen molar-refractivity contribution in [3.8, 4) is 0 Å². The molecule has 1 aromatic heterocycles. The van der Waals surface area contributed by atoms with E-state index in [9.17, 15) is 4.79 Å². The molecule has 1 rings (SSSR count). The van der Waals surface area contributed by atoms with E-state index < -0.39 is 0 Å². The Morgan fingerprint density at radius 1 is 1.33 bits per heavy atom. The first-order chi connectivity index (χ1) is 8.77. The summed E-state index contributed by atoms with van der Waals surface area (Å²) in [5.74, 6) is 0.480. The highest BCUT2D eigenvalue weighted by atomic mass is 16.5. The number of hydrogen-bond acceptors (Lipinski definition) is 5. The first kappa shape index (κ1) is 14.4. The first-order valence-electron chi connectivity index (χ1n) is 6.12. The Bertz CT molecular complexity index is 354. The Morgan fingerprint density at radius 3 is 2.78 bits per heavy atom. The Labute approximate surface area is 107 Å². The molecule has 0 bridgehead atoms. The molecule has 2 N–H and O–H groups in total. The van der Waals surface area contributed by atoms with Gasteiger partial charge in [0.2, 0.25) is 0 Å². The van der Waals surface area contributed by atoms with Crippen molar-refractivity contribution in [3.05, 3.63) is 17.8 Å². The highest BCUT2D eigenvalue weighted by molar-refractivity contribution is 5.92. The highest BCUT2D eigenvalue weighted by Crippen LogP contribution is 2.02. The van der Waals surface area contributed by atoms with Gasteiger partial charge in [0.05, 0.1) is 0 Å². The number of methoxy groups -OCH3 is 1. The molecule has 1 amide bonds. The topological polar surface area (TPSA) is 76.1 Å². The number of amides is 1. The number of hydrogen-bond donors (Lipinski definition) is 2. The zero-order valence-corrected chi connectivity index (χ0v) is 10.9. The maximum Gasteiger partial charge on any atom is 0.271 e. The SMILES string of the molecule is CCCNC(=O)c1ccc(NCCCOC)nn1. The number of ether oxygens (including phenoxy) is 1. The third kappa shape index (κ3) is 5.09. The average Bonchev–Trinajstić information content (AvgIpc) is 2.41. The predicted octanol–water partition coefficient (Wildman–Crippen LogP) is 1.06. The molecule has 0 unspecified atom stereocenters. The molecule has 0 aromatic carbocycles. The normalized spacial score (nSPS) is 10.1. The summed E-state index contributed by atoms with van der Waals surface area (Å²) in [5.41, 5.74) is 0.339. The smallest absolute Gasteiger partial charge is 0.271 e. The summed E-state index contributed by atoms with van der Waals surface area (Å²) in [6, 6.07) is 3.41. The predicted molar refractivity (Wildman–Crippen MR) is 69.6 cm³/mol. The summed E-state index contributed by atoms with van der Waals surface area (Å²) in [4.78, 5) is 11.6. The van der Waals surface area contributed by atoms with Crippen LogP contribution in [0.15, 0.2) is 12.1 Å². The van der Waals surface area contributed by atoms with Crippen molar-refractivity contribution in [1.82, 2.24) is 15.5 Å². The molecule has 6 heteroatoms. The van der Waals surface area contributed by atoms with Gasteiger partial charge in [-0.1, -0.05) is 6.92 Å². The maximum atomic E-state index is 11.6. The van der Waals surface area contributed by atoms with Gasteiger partial charge in [0.25, 0.3) is 5.91 Å². The lowest BCUT2D eigenvalue weighted by Crippen LogP contribution is -2.25. The standard InChI is InChI=1S/C12H20N4O2/c1-3-7-14-12(17)10-5-6-11(16-15-10)13-8-4-9-18-2/h5-6H,3-4,7-9H2,1-2H3,(H,13,16)(H,14,17). The van der Waals surface area contributed by atoms with Gasteiger partial charge in [-0.25, -0.2) is 0 Å². The van der Waals surface area contributed by atoms with Crippen LogP contribution in [0.1, 0.15) is 30.3 Å². The van der Waals surface area contributed by atoms with Gasteiger partial charge in [0, 0.05) is 26.8 Å². The number of carbonyl (C=O) groups excluding carboxylic acids is 1. The molecule has 1 aromatic rings. The molecular weight excluding hydrogens is 232 g/mol. The van der Waals surface area contributed by atoms with E-state index in [0.29, 0.717) is 24.7 Å². The summed E-state index contributed by atoms with van der Waals surface area (Å²) in [7, 11) is 1.67. The second kappa shape index (κ2) is 8.41. The van der Waals surface area contributed by atoms with Crippen LogP contribution in [0.4, 0.5) is 5.82 Å². The Balaban J connectivity index is 2.39. The van der Waals surface area contributed by atoms with Crippen LogP contribution in [-0.4, -0.2) is 42.9 Å². The van der Waals surface area contributed by atoms with Gasteiger partial charge in [0.15, 0.2) is 5.69 Å². The van der Waals surface area contributed by atoms with Crippen LogP contribution in [0.25, 0.3) is 0 Å². The fourth-order valence-electron chi connectivity index (χ4n) is 1.31. The van der Waals surface area contributed by atoms with Crippen LogP contribution in [0.5, 0.6) is 0 Å². The van der Waals surface area contributed by atoms with Crippen LogP contribution in [-0.2, 0) is 4.74 Å². The number of aromatic nitrogens is 2. The van der Waals surface area contributed by atoms with Gasteiger partial charge in [0.1, 0.15) is 5.82 Å². The number of nitrogens with zero attached hydrogens (tertiary/aromatic N) is 2. The van der Waals surface area contributed by atoms with Crippen molar-refractivity contribution in [2.24, 2.45) is 0 Å². The van der Waals surface area contributed by atoms with Gasteiger partial charge >= 0.3 is 0 Å². The molecule has 0 spiro atoms. The molecule has 0 fully saturated rings. The minimum absolute atomic E-state index is 0.185. The highest BCUT2D eigenvalue weighted by Gasteiger charge is 2.06. The zero-order chi connectivity index (χ0) is 13.2. The third-order valence-electron chi connectivity index (χ3n) is 2.26.